The summed E-state index contributed by atoms with van der Waals surface area (Å²) < 4.78 is 0. The Morgan fingerprint density at radius 1 is 1.24 bits per heavy atom. The minimum absolute atomic E-state index is 0.0195. The predicted molar refractivity (Wildman–Crippen MR) is 67.1 cm³/mol. The van der Waals surface area contributed by atoms with Crippen molar-refractivity contribution in [2.24, 2.45) is 5.92 Å². The second-order valence-corrected chi connectivity index (χ2v) is 5.67. The fourth-order valence-electron chi connectivity index (χ4n) is 2.49. The summed E-state index contributed by atoms with van der Waals surface area (Å²) in [6.07, 6.45) is 2.41. The summed E-state index contributed by atoms with van der Waals surface area (Å²) in [5.41, 5.74) is 0.865. The van der Waals surface area contributed by atoms with Gasteiger partial charge in [-0.3, -0.25) is 9.59 Å². The highest BCUT2D eigenvalue weighted by atomic mass is 32.2. The summed E-state index contributed by atoms with van der Waals surface area (Å²) in [6, 6.07) is 7.75. The van der Waals surface area contributed by atoms with Gasteiger partial charge in [0.2, 0.25) is 5.91 Å². The smallest absolute Gasteiger partial charge is 0.238 e. The molecular weight excluding hydrogens is 234 g/mol. The number of hydrogen-bond donors (Lipinski definition) is 1. The lowest BCUT2D eigenvalue weighted by Crippen LogP contribution is -2.36. The van der Waals surface area contributed by atoms with Gasteiger partial charge < -0.3 is 5.32 Å². The van der Waals surface area contributed by atoms with Crippen LogP contribution in [0.4, 0.5) is 5.69 Å². The zero-order valence-electron chi connectivity index (χ0n) is 9.31. The zero-order chi connectivity index (χ0) is 11.8. The number of para-hydroxylation sites is 1. The number of anilines is 1. The summed E-state index contributed by atoms with van der Waals surface area (Å²) in [5.74, 6) is 0.138. The number of benzene rings is 1. The Bertz CT molecular complexity index is 486. The number of amides is 1. The molecule has 1 N–H and O–H groups in total. The number of rotatable bonds is 1. The highest BCUT2D eigenvalue weighted by molar-refractivity contribution is 8.01. The second-order valence-electron chi connectivity index (χ2n) is 4.49. The first-order valence-electron chi connectivity index (χ1n) is 5.85. The number of ketones is 1. The van der Waals surface area contributed by atoms with Crippen LogP contribution in [0.5, 0.6) is 0 Å². The standard InChI is InChI=1S/C13H13NO2S/c15-10-6-3-4-8(10)12-13(16)14-9-5-1-2-7-11(9)17-12/h1-2,5,7-8,12H,3-4,6H2,(H,14,16)/t8-,12+/m0/s1. The average molecular weight is 247 g/mol. The molecule has 0 unspecified atom stereocenters. The normalized spacial score (nSPS) is 27.8. The van der Waals surface area contributed by atoms with Gasteiger partial charge in [-0.05, 0) is 25.0 Å². The van der Waals surface area contributed by atoms with E-state index in [9.17, 15) is 9.59 Å². The molecule has 3 nitrogen and oxygen atoms in total. The third-order valence-electron chi connectivity index (χ3n) is 3.37. The Morgan fingerprint density at radius 3 is 2.82 bits per heavy atom. The average Bonchev–Trinajstić information content (AvgIpc) is 2.74. The fourth-order valence-corrected chi connectivity index (χ4v) is 3.79. The highest BCUT2D eigenvalue weighted by Gasteiger charge is 2.39. The molecule has 1 fully saturated rings. The monoisotopic (exact) mass is 247 g/mol. The van der Waals surface area contributed by atoms with Crippen molar-refractivity contribution in [3.05, 3.63) is 24.3 Å². The van der Waals surface area contributed by atoms with Crippen LogP contribution in [0, 0.1) is 5.92 Å². The first-order valence-corrected chi connectivity index (χ1v) is 6.73. The molecular formula is C13H13NO2S. The lowest BCUT2D eigenvalue weighted by Gasteiger charge is -2.27. The number of fused-ring (bicyclic) bond motifs is 1. The molecule has 0 radical (unpaired) electrons. The molecule has 1 heterocycles. The van der Waals surface area contributed by atoms with E-state index >= 15 is 0 Å². The molecule has 0 aromatic heterocycles. The molecule has 1 aromatic carbocycles. The maximum absolute atomic E-state index is 12.0. The maximum Gasteiger partial charge on any atom is 0.238 e. The minimum atomic E-state index is -0.236. The third-order valence-corrected chi connectivity index (χ3v) is 4.78. The molecule has 88 valence electrons. The summed E-state index contributed by atoms with van der Waals surface area (Å²) >= 11 is 1.53. The lowest BCUT2D eigenvalue weighted by molar-refractivity contribution is -0.124. The Balaban J connectivity index is 1.89. The molecule has 2 aliphatic rings. The number of carbonyl (C=O) groups is 2. The van der Waals surface area contributed by atoms with Crippen LogP contribution in [-0.2, 0) is 9.59 Å². The van der Waals surface area contributed by atoms with Gasteiger partial charge in [-0.25, -0.2) is 0 Å². The summed E-state index contributed by atoms with van der Waals surface area (Å²) in [7, 11) is 0. The van der Waals surface area contributed by atoms with Gasteiger partial charge in [0.15, 0.2) is 0 Å². The van der Waals surface area contributed by atoms with E-state index in [0.29, 0.717) is 6.42 Å². The van der Waals surface area contributed by atoms with Crippen LogP contribution in [0.25, 0.3) is 0 Å². The number of carbonyl (C=O) groups excluding carboxylic acids is 2. The number of nitrogens with one attached hydrogen (secondary N) is 1. The molecule has 4 heteroatoms. The van der Waals surface area contributed by atoms with Gasteiger partial charge in [0.05, 0.1) is 10.9 Å². The van der Waals surface area contributed by atoms with Crippen LogP contribution in [0.1, 0.15) is 19.3 Å². The SMILES string of the molecule is O=C1CCC[C@@H]1[C@H]1Sc2ccccc2NC1=O. The van der Waals surface area contributed by atoms with Crippen molar-refractivity contribution in [1.29, 1.82) is 0 Å². The van der Waals surface area contributed by atoms with Crippen molar-refractivity contribution in [2.45, 2.75) is 29.4 Å². The Hall–Kier alpha value is -1.29. The Morgan fingerprint density at radius 2 is 2.06 bits per heavy atom. The van der Waals surface area contributed by atoms with Crippen LogP contribution in [0.15, 0.2) is 29.2 Å². The quantitative estimate of drug-likeness (QED) is 0.829. The van der Waals surface area contributed by atoms with Gasteiger partial charge in [0.1, 0.15) is 5.78 Å². The van der Waals surface area contributed by atoms with Crippen LogP contribution in [0.3, 0.4) is 0 Å². The van der Waals surface area contributed by atoms with Gasteiger partial charge in [-0.15, -0.1) is 11.8 Å². The number of thioether (sulfide) groups is 1. The van der Waals surface area contributed by atoms with E-state index in [1.807, 2.05) is 24.3 Å². The minimum Gasteiger partial charge on any atom is -0.324 e. The van der Waals surface area contributed by atoms with E-state index < -0.39 is 0 Å². The van der Waals surface area contributed by atoms with E-state index in [1.165, 1.54) is 11.8 Å². The van der Waals surface area contributed by atoms with Crippen LogP contribution in [0.2, 0.25) is 0 Å². The molecule has 1 amide bonds. The first-order chi connectivity index (χ1) is 8.25. The molecule has 1 saturated carbocycles. The highest BCUT2D eigenvalue weighted by Crippen LogP contribution is 2.41. The predicted octanol–water partition coefficient (Wildman–Crippen LogP) is 2.47. The van der Waals surface area contributed by atoms with Gasteiger partial charge in [0, 0.05) is 17.2 Å². The molecule has 0 bridgehead atoms. The molecule has 0 spiro atoms. The van der Waals surface area contributed by atoms with Crippen molar-refractivity contribution >= 4 is 29.1 Å². The molecule has 0 saturated heterocycles. The van der Waals surface area contributed by atoms with Gasteiger partial charge in [-0.1, -0.05) is 12.1 Å². The second kappa shape index (κ2) is 4.18. The molecule has 2 atom stereocenters. The van der Waals surface area contributed by atoms with Crippen molar-refractivity contribution < 1.29 is 9.59 Å². The van der Waals surface area contributed by atoms with Crippen molar-refractivity contribution in [2.75, 3.05) is 5.32 Å². The summed E-state index contributed by atoms with van der Waals surface area (Å²) in [4.78, 5) is 24.8. The maximum atomic E-state index is 12.0. The molecule has 3 rings (SSSR count). The summed E-state index contributed by atoms with van der Waals surface area (Å²) in [5, 5.41) is 2.66. The molecule has 1 aromatic rings. The molecule has 17 heavy (non-hydrogen) atoms. The fraction of sp³-hybridized carbons (Fsp3) is 0.385. The van der Waals surface area contributed by atoms with E-state index in [0.717, 1.165) is 23.4 Å². The van der Waals surface area contributed by atoms with E-state index in [1.54, 1.807) is 0 Å². The van der Waals surface area contributed by atoms with Crippen molar-refractivity contribution in [3.63, 3.8) is 0 Å². The number of hydrogen-bond acceptors (Lipinski definition) is 3. The van der Waals surface area contributed by atoms with E-state index in [4.69, 9.17) is 0 Å². The molecule has 1 aliphatic heterocycles. The third kappa shape index (κ3) is 1.86. The Kier molecular flexibility index (Phi) is 2.67. The van der Waals surface area contributed by atoms with Crippen LogP contribution in [-0.4, -0.2) is 16.9 Å². The van der Waals surface area contributed by atoms with Crippen LogP contribution >= 0.6 is 11.8 Å². The van der Waals surface area contributed by atoms with Crippen molar-refractivity contribution in [1.82, 2.24) is 0 Å². The largest absolute Gasteiger partial charge is 0.324 e. The van der Waals surface area contributed by atoms with E-state index in [2.05, 4.69) is 5.32 Å². The molecule has 1 aliphatic carbocycles. The summed E-state index contributed by atoms with van der Waals surface area (Å²) in [6.45, 7) is 0. The van der Waals surface area contributed by atoms with Crippen LogP contribution < -0.4 is 5.32 Å². The van der Waals surface area contributed by atoms with Gasteiger partial charge in [-0.2, -0.15) is 0 Å². The van der Waals surface area contributed by atoms with Gasteiger partial charge in [0.25, 0.3) is 0 Å². The topological polar surface area (TPSA) is 46.2 Å². The van der Waals surface area contributed by atoms with Crippen molar-refractivity contribution in [3.8, 4) is 0 Å². The Labute approximate surface area is 104 Å². The number of Topliss-reactive ketones (excluding diaryl/α,β-unsaturated/α-hetero) is 1. The first kappa shape index (κ1) is 10.8. The van der Waals surface area contributed by atoms with Gasteiger partial charge >= 0.3 is 0 Å². The zero-order valence-corrected chi connectivity index (χ0v) is 10.1. The van der Waals surface area contributed by atoms with E-state index in [-0.39, 0.29) is 22.9 Å². The lowest BCUT2D eigenvalue weighted by atomic mass is 10.0.